The van der Waals surface area contributed by atoms with Crippen LogP contribution in [0.1, 0.15) is 323 Å². The summed E-state index contributed by atoms with van der Waals surface area (Å²) in [6.45, 7) is 6.53. The van der Waals surface area contributed by atoms with Gasteiger partial charge in [-0.2, -0.15) is 0 Å². The van der Waals surface area contributed by atoms with E-state index in [1.54, 1.807) is 0 Å². The third kappa shape index (κ3) is 45.4. The first-order chi connectivity index (χ1) is 30.5. The Morgan fingerprint density at radius 1 is 0.403 bits per heavy atom. The molecule has 6 heteroatoms. The largest absolute Gasteiger partial charge is 0.462 e. The van der Waals surface area contributed by atoms with E-state index in [9.17, 15) is 19.8 Å². The lowest BCUT2D eigenvalue weighted by molar-refractivity contribution is -0.151. The number of nitrogens with one attached hydrogen (secondary N) is 1. The number of aliphatic hydroxyl groups excluding tert-OH is 2. The summed E-state index contributed by atoms with van der Waals surface area (Å²) >= 11 is 0. The Morgan fingerprint density at radius 3 is 0.984 bits per heavy atom. The lowest BCUT2D eigenvalue weighted by atomic mass is 10.0. The normalized spacial score (nSPS) is 13.0. The van der Waals surface area contributed by atoms with Crippen LogP contribution < -0.4 is 5.32 Å². The molecule has 0 aromatic heterocycles. The maximum absolute atomic E-state index is 13.2. The van der Waals surface area contributed by atoms with Gasteiger partial charge in [0.2, 0.25) is 5.91 Å². The summed E-state index contributed by atoms with van der Waals surface area (Å²) in [4.78, 5) is 26.2. The van der Waals surface area contributed by atoms with Gasteiger partial charge < -0.3 is 20.3 Å². The molecule has 0 fully saturated rings. The molecule has 0 aromatic carbocycles. The molecule has 0 aliphatic heterocycles. The zero-order chi connectivity index (χ0) is 45.2. The van der Waals surface area contributed by atoms with Gasteiger partial charge in [-0.3, -0.25) is 9.59 Å². The van der Waals surface area contributed by atoms with Crippen molar-refractivity contribution in [1.29, 1.82) is 0 Å². The number of unbranched alkanes of at least 4 members (excludes halogenated alkanes) is 40. The molecule has 1 amide bonds. The Labute approximate surface area is 387 Å². The van der Waals surface area contributed by atoms with Gasteiger partial charge in [-0.1, -0.05) is 284 Å². The number of hydrogen-bond acceptors (Lipinski definition) is 5. The average molecular weight is 879 g/mol. The molecule has 0 aromatic rings. The Morgan fingerprint density at radius 2 is 0.677 bits per heavy atom. The predicted octanol–water partition coefficient (Wildman–Crippen LogP) is 17.1. The maximum atomic E-state index is 13.2. The van der Waals surface area contributed by atoms with Gasteiger partial charge in [0, 0.05) is 6.42 Å². The van der Waals surface area contributed by atoms with Crippen LogP contribution in [0.4, 0.5) is 0 Å². The Kier molecular flexibility index (Phi) is 49.9. The molecule has 3 atom stereocenters. The first kappa shape index (κ1) is 60.9. The molecular weight excluding hydrogens is 767 g/mol. The summed E-state index contributed by atoms with van der Waals surface area (Å²) in [5.41, 5.74) is 0. The van der Waals surface area contributed by atoms with Crippen molar-refractivity contribution in [2.24, 2.45) is 0 Å². The van der Waals surface area contributed by atoms with Crippen LogP contribution in [0.5, 0.6) is 0 Å². The third-order valence-electron chi connectivity index (χ3n) is 13.4. The number of carbonyl (C=O) groups excluding carboxylic acids is 2. The Bertz CT molecular complexity index is 898. The van der Waals surface area contributed by atoms with E-state index in [2.05, 4.69) is 26.1 Å². The van der Waals surface area contributed by atoms with Crippen molar-refractivity contribution >= 4 is 11.9 Å². The Hall–Kier alpha value is -1.14. The van der Waals surface area contributed by atoms with E-state index < -0.39 is 18.2 Å². The lowest BCUT2D eigenvalue weighted by Gasteiger charge is -2.24. The van der Waals surface area contributed by atoms with Crippen LogP contribution in [0.2, 0.25) is 0 Å². The first-order valence-corrected chi connectivity index (χ1v) is 28.3. The maximum Gasteiger partial charge on any atom is 0.306 e. The molecule has 0 saturated carbocycles. The molecule has 0 aliphatic carbocycles. The van der Waals surface area contributed by atoms with Crippen molar-refractivity contribution in [3.05, 3.63) is 0 Å². The van der Waals surface area contributed by atoms with Gasteiger partial charge in [-0.15, -0.1) is 0 Å². The molecule has 3 unspecified atom stereocenters. The second kappa shape index (κ2) is 50.9. The second-order valence-corrected chi connectivity index (χ2v) is 19.7. The summed E-state index contributed by atoms with van der Waals surface area (Å²) in [5, 5.41) is 23.9. The number of rotatable bonds is 52. The number of amides is 1. The highest BCUT2D eigenvalue weighted by Gasteiger charge is 2.24. The van der Waals surface area contributed by atoms with Crippen LogP contribution in [0, 0.1) is 0 Å². The van der Waals surface area contributed by atoms with Crippen molar-refractivity contribution in [2.75, 3.05) is 6.61 Å². The van der Waals surface area contributed by atoms with Gasteiger partial charge in [0.05, 0.1) is 25.2 Å². The monoisotopic (exact) mass is 878 g/mol. The summed E-state index contributed by atoms with van der Waals surface area (Å²) < 4.78 is 5.96. The number of esters is 1. The van der Waals surface area contributed by atoms with Crippen molar-refractivity contribution in [3.8, 4) is 0 Å². The summed E-state index contributed by atoms with van der Waals surface area (Å²) in [6, 6.07) is -0.692. The molecule has 0 rings (SSSR count). The number of carbonyl (C=O) groups is 2. The van der Waals surface area contributed by atoms with Crippen LogP contribution in [-0.4, -0.2) is 46.9 Å². The zero-order valence-electron chi connectivity index (χ0n) is 42.3. The molecule has 6 nitrogen and oxygen atoms in total. The summed E-state index contributed by atoms with van der Waals surface area (Å²) in [6.07, 6.45) is 55.9. The van der Waals surface area contributed by atoms with Gasteiger partial charge in [-0.05, 0) is 25.7 Å². The van der Waals surface area contributed by atoms with Crippen LogP contribution in [-0.2, 0) is 14.3 Å². The van der Waals surface area contributed by atoms with E-state index in [4.69, 9.17) is 4.74 Å². The minimum Gasteiger partial charge on any atom is -0.462 e. The Balaban J connectivity index is 4.49. The molecule has 0 radical (unpaired) electrons. The molecule has 62 heavy (non-hydrogen) atoms. The molecule has 0 heterocycles. The zero-order valence-corrected chi connectivity index (χ0v) is 42.3. The van der Waals surface area contributed by atoms with Crippen molar-refractivity contribution < 1.29 is 24.5 Å². The van der Waals surface area contributed by atoms with E-state index in [0.29, 0.717) is 19.3 Å². The number of ether oxygens (including phenoxy) is 1. The standard InChI is InChI=1S/C56H111NO5/c1-4-7-10-13-16-19-22-25-27-28-29-30-32-35-38-41-44-47-52(62-56(61)49-46-43-40-37-34-24-21-18-15-12-9-6-3)50-55(60)57-53(51-58)54(59)48-45-42-39-36-33-31-26-23-20-17-14-11-8-5-2/h52-54,58-59H,4-51H2,1-3H3,(H,57,60). The molecule has 3 N–H and O–H groups in total. The van der Waals surface area contributed by atoms with Crippen LogP contribution in [0.15, 0.2) is 0 Å². The third-order valence-corrected chi connectivity index (χ3v) is 13.4. The summed E-state index contributed by atoms with van der Waals surface area (Å²) in [7, 11) is 0. The minimum absolute atomic E-state index is 0.0884. The smallest absolute Gasteiger partial charge is 0.306 e. The highest BCUT2D eigenvalue weighted by molar-refractivity contribution is 5.77. The van der Waals surface area contributed by atoms with Gasteiger partial charge in [-0.25, -0.2) is 0 Å². The fraction of sp³-hybridized carbons (Fsp3) is 0.964. The number of hydrogen-bond donors (Lipinski definition) is 3. The molecular formula is C56H111NO5. The summed E-state index contributed by atoms with van der Waals surface area (Å²) in [5.74, 6) is -0.447. The van der Waals surface area contributed by atoms with Crippen LogP contribution in [0.25, 0.3) is 0 Å². The minimum atomic E-state index is -0.779. The van der Waals surface area contributed by atoms with Gasteiger partial charge >= 0.3 is 5.97 Å². The molecule has 370 valence electrons. The van der Waals surface area contributed by atoms with Crippen molar-refractivity contribution in [3.63, 3.8) is 0 Å². The van der Waals surface area contributed by atoms with Crippen molar-refractivity contribution in [2.45, 2.75) is 341 Å². The van der Waals surface area contributed by atoms with Gasteiger partial charge in [0.15, 0.2) is 0 Å². The average Bonchev–Trinajstić information content (AvgIpc) is 3.26. The van der Waals surface area contributed by atoms with Crippen LogP contribution in [0.3, 0.4) is 0 Å². The van der Waals surface area contributed by atoms with E-state index in [-0.39, 0.29) is 24.9 Å². The van der Waals surface area contributed by atoms with E-state index in [1.165, 1.54) is 238 Å². The SMILES string of the molecule is CCCCCCCCCCCCCCCCCCCC(CC(=O)NC(CO)C(O)CCCCCCCCCCCCCCCC)OC(=O)CCCCCCCCCCCCCC. The lowest BCUT2D eigenvalue weighted by Crippen LogP contribution is -2.46. The highest BCUT2D eigenvalue weighted by atomic mass is 16.5. The molecule has 0 bridgehead atoms. The van der Waals surface area contributed by atoms with Crippen molar-refractivity contribution in [1.82, 2.24) is 5.32 Å². The fourth-order valence-corrected chi connectivity index (χ4v) is 9.14. The first-order valence-electron chi connectivity index (χ1n) is 28.3. The van der Waals surface area contributed by atoms with E-state index >= 15 is 0 Å². The fourth-order valence-electron chi connectivity index (χ4n) is 9.14. The molecule has 0 aliphatic rings. The van der Waals surface area contributed by atoms with Crippen LogP contribution >= 0.6 is 0 Å². The second-order valence-electron chi connectivity index (χ2n) is 19.7. The van der Waals surface area contributed by atoms with E-state index in [1.807, 2.05) is 0 Å². The topological polar surface area (TPSA) is 95.9 Å². The number of aliphatic hydroxyl groups is 2. The van der Waals surface area contributed by atoms with Gasteiger partial charge in [0.1, 0.15) is 6.10 Å². The van der Waals surface area contributed by atoms with Gasteiger partial charge in [0.25, 0.3) is 0 Å². The molecule has 0 saturated heterocycles. The predicted molar refractivity (Wildman–Crippen MR) is 269 cm³/mol. The van der Waals surface area contributed by atoms with E-state index in [0.717, 1.165) is 38.5 Å². The quantitative estimate of drug-likeness (QED) is 0.0418. The highest BCUT2D eigenvalue weighted by Crippen LogP contribution is 2.19. The molecule has 0 spiro atoms.